The van der Waals surface area contributed by atoms with Gasteiger partial charge in [-0.3, -0.25) is 4.79 Å². The molecule has 3 N–H and O–H groups in total. The second-order valence-electron chi connectivity index (χ2n) is 4.12. The van der Waals surface area contributed by atoms with Gasteiger partial charge in [0.25, 0.3) is 0 Å². The molecule has 18 heavy (non-hydrogen) atoms. The number of nitrogen functional groups attached to an aromatic ring is 1. The van der Waals surface area contributed by atoms with Crippen LogP contribution in [-0.2, 0) is 4.79 Å². The highest BCUT2D eigenvalue weighted by molar-refractivity contribution is 7.16. The molecular weight excluding hydrogens is 270 g/mol. The molecule has 6 heteroatoms. The number of rotatable bonds is 1. The first-order chi connectivity index (χ1) is 8.63. The first kappa shape index (κ1) is 11.5. The van der Waals surface area contributed by atoms with Crippen LogP contribution in [0.2, 0.25) is 5.02 Å². The molecule has 0 fully saturated rings. The molecule has 4 nitrogen and oxygen atoms in total. The number of benzene rings is 1. The average molecular weight is 280 g/mol. The van der Waals surface area contributed by atoms with Crippen LogP contribution < -0.4 is 11.1 Å². The number of nitrogens with one attached hydrogen (secondary N) is 1. The summed E-state index contributed by atoms with van der Waals surface area (Å²) in [5, 5.41) is 3.90. The zero-order chi connectivity index (χ0) is 12.7. The van der Waals surface area contributed by atoms with Crippen molar-refractivity contribution in [1.82, 2.24) is 4.98 Å². The summed E-state index contributed by atoms with van der Waals surface area (Å²) in [5.74, 6) is 0.572. The third-order valence-electron chi connectivity index (χ3n) is 2.91. The maximum Gasteiger partial charge on any atom is 0.226 e. The third kappa shape index (κ3) is 1.95. The van der Waals surface area contributed by atoms with Gasteiger partial charge in [0.05, 0.1) is 4.88 Å². The lowest BCUT2D eigenvalue weighted by Crippen LogP contribution is -2.22. The monoisotopic (exact) mass is 279 g/mol. The molecule has 0 aliphatic carbocycles. The second-order valence-corrected chi connectivity index (χ2v) is 5.62. The molecule has 0 unspecified atom stereocenters. The first-order valence-corrected chi connectivity index (χ1v) is 6.64. The molecular formula is C12H10ClN3OS. The van der Waals surface area contributed by atoms with Gasteiger partial charge in [0.15, 0.2) is 5.13 Å². The fourth-order valence-corrected chi connectivity index (χ4v) is 3.14. The molecule has 0 spiro atoms. The molecule has 1 aliphatic heterocycles. The number of carbonyl (C=O) groups excluding carboxylic acids is 1. The Hall–Kier alpha value is -1.59. The number of hydrogen-bond acceptors (Lipinski definition) is 4. The van der Waals surface area contributed by atoms with Crippen molar-refractivity contribution >= 4 is 39.8 Å². The van der Waals surface area contributed by atoms with Gasteiger partial charge in [-0.15, -0.1) is 0 Å². The number of anilines is 2. The van der Waals surface area contributed by atoms with E-state index in [-0.39, 0.29) is 11.8 Å². The van der Waals surface area contributed by atoms with E-state index in [0.29, 0.717) is 22.4 Å². The standard InChI is InChI=1S/C12H10ClN3OS/c13-7-3-1-6(2-4-7)8-5-9(17)15-11-10(8)18-12(14)16-11/h1-4,8H,5H2,(H2,14,16)(H,15,17)/t8-/m1/s1. The number of amides is 1. The largest absolute Gasteiger partial charge is 0.375 e. The summed E-state index contributed by atoms with van der Waals surface area (Å²) in [6.07, 6.45) is 0.413. The average Bonchev–Trinajstić information content (AvgIpc) is 2.69. The Kier molecular flexibility index (Phi) is 2.72. The van der Waals surface area contributed by atoms with Crippen LogP contribution in [0.1, 0.15) is 22.8 Å². The second kappa shape index (κ2) is 4.26. The van der Waals surface area contributed by atoms with Gasteiger partial charge in [0, 0.05) is 17.4 Å². The number of halogens is 1. The minimum atomic E-state index is -0.0345. The highest BCUT2D eigenvalue weighted by Gasteiger charge is 2.29. The van der Waals surface area contributed by atoms with Crippen LogP contribution >= 0.6 is 22.9 Å². The molecule has 0 radical (unpaired) electrons. The lowest BCUT2D eigenvalue weighted by Gasteiger charge is -2.21. The van der Waals surface area contributed by atoms with Gasteiger partial charge in [-0.05, 0) is 17.7 Å². The number of carbonyl (C=O) groups is 1. The lowest BCUT2D eigenvalue weighted by molar-refractivity contribution is -0.116. The molecule has 3 rings (SSSR count). The van der Waals surface area contributed by atoms with Gasteiger partial charge in [-0.25, -0.2) is 4.98 Å². The van der Waals surface area contributed by atoms with E-state index < -0.39 is 0 Å². The molecule has 0 saturated carbocycles. The van der Waals surface area contributed by atoms with E-state index in [1.807, 2.05) is 24.3 Å². The molecule has 1 aliphatic rings. The van der Waals surface area contributed by atoms with Crippen molar-refractivity contribution in [3.63, 3.8) is 0 Å². The minimum absolute atomic E-state index is 0.0146. The molecule has 0 saturated heterocycles. The molecule has 1 amide bonds. The van der Waals surface area contributed by atoms with Crippen molar-refractivity contribution in [1.29, 1.82) is 0 Å². The smallest absolute Gasteiger partial charge is 0.226 e. The van der Waals surface area contributed by atoms with Gasteiger partial charge in [0.2, 0.25) is 5.91 Å². The third-order valence-corrected chi connectivity index (χ3v) is 4.16. The Balaban J connectivity index is 2.06. The number of fused-ring (bicyclic) bond motifs is 1. The number of thiazole rings is 1. The highest BCUT2D eigenvalue weighted by atomic mass is 35.5. The van der Waals surface area contributed by atoms with Crippen molar-refractivity contribution in [2.75, 3.05) is 11.1 Å². The van der Waals surface area contributed by atoms with Gasteiger partial charge in [-0.1, -0.05) is 35.1 Å². The Morgan fingerprint density at radius 2 is 2.11 bits per heavy atom. The highest BCUT2D eigenvalue weighted by Crippen LogP contribution is 2.41. The van der Waals surface area contributed by atoms with Crippen molar-refractivity contribution in [2.24, 2.45) is 0 Å². The van der Waals surface area contributed by atoms with Crippen LogP contribution in [0.3, 0.4) is 0 Å². The number of nitrogens with two attached hydrogens (primary N) is 1. The van der Waals surface area contributed by atoms with Crippen LogP contribution in [0.15, 0.2) is 24.3 Å². The van der Waals surface area contributed by atoms with E-state index >= 15 is 0 Å². The van der Waals surface area contributed by atoms with Crippen LogP contribution in [0.25, 0.3) is 0 Å². The first-order valence-electron chi connectivity index (χ1n) is 5.45. The van der Waals surface area contributed by atoms with E-state index in [4.69, 9.17) is 17.3 Å². The maximum absolute atomic E-state index is 11.7. The van der Waals surface area contributed by atoms with Crippen molar-refractivity contribution in [3.8, 4) is 0 Å². The summed E-state index contributed by atoms with van der Waals surface area (Å²) >= 11 is 7.29. The maximum atomic E-state index is 11.7. The summed E-state index contributed by atoms with van der Waals surface area (Å²) in [4.78, 5) is 16.8. The van der Waals surface area contributed by atoms with Gasteiger partial charge >= 0.3 is 0 Å². The fourth-order valence-electron chi connectivity index (χ4n) is 2.10. The Bertz CT molecular complexity index is 608. The summed E-state index contributed by atoms with van der Waals surface area (Å²) in [6.45, 7) is 0. The van der Waals surface area contributed by atoms with Crippen LogP contribution in [0, 0.1) is 0 Å². The van der Waals surface area contributed by atoms with Crippen LogP contribution in [-0.4, -0.2) is 10.9 Å². The van der Waals surface area contributed by atoms with Crippen LogP contribution in [0.5, 0.6) is 0 Å². The molecule has 2 heterocycles. The predicted molar refractivity (Wildman–Crippen MR) is 73.1 cm³/mol. The van der Waals surface area contributed by atoms with Crippen LogP contribution in [0.4, 0.5) is 10.9 Å². The molecule has 92 valence electrons. The van der Waals surface area contributed by atoms with Crippen molar-refractivity contribution in [3.05, 3.63) is 39.7 Å². The van der Waals surface area contributed by atoms with E-state index in [1.54, 1.807) is 0 Å². The quantitative estimate of drug-likeness (QED) is 0.843. The fraction of sp³-hybridized carbons (Fsp3) is 0.167. The van der Waals surface area contributed by atoms with E-state index in [1.165, 1.54) is 11.3 Å². The van der Waals surface area contributed by atoms with E-state index in [9.17, 15) is 4.79 Å². The number of hydrogen-bond donors (Lipinski definition) is 2. The number of aromatic nitrogens is 1. The predicted octanol–water partition coefficient (Wildman–Crippen LogP) is 2.85. The summed E-state index contributed by atoms with van der Waals surface area (Å²) in [6, 6.07) is 7.53. The summed E-state index contributed by atoms with van der Waals surface area (Å²) in [5.41, 5.74) is 6.76. The summed E-state index contributed by atoms with van der Waals surface area (Å²) in [7, 11) is 0. The Morgan fingerprint density at radius 1 is 1.39 bits per heavy atom. The Morgan fingerprint density at radius 3 is 2.83 bits per heavy atom. The van der Waals surface area contributed by atoms with E-state index in [0.717, 1.165) is 10.4 Å². The van der Waals surface area contributed by atoms with Crippen molar-refractivity contribution in [2.45, 2.75) is 12.3 Å². The lowest BCUT2D eigenvalue weighted by atomic mass is 9.92. The van der Waals surface area contributed by atoms with Crippen molar-refractivity contribution < 1.29 is 4.79 Å². The number of nitrogens with zero attached hydrogens (tertiary/aromatic N) is 1. The molecule has 1 atom stereocenters. The van der Waals surface area contributed by atoms with Gasteiger partial charge in [-0.2, -0.15) is 0 Å². The molecule has 0 bridgehead atoms. The molecule has 2 aromatic rings. The van der Waals surface area contributed by atoms with Gasteiger partial charge in [0.1, 0.15) is 5.82 Å². The normalized spacial score (nSPS) is 18.3. The molecule has 1 aromatic heterocycles. The topological polar surface area (TPSA) is 68.0 Å². The van der Waals surface area contributed by atoms with Gasteiger partial charge < -0.3 is 11.1 Å². The van der Waals surface area contributed by atoms with E-state index in [2.05, 4.69) is 10.3 Å². The minimum Gasteiger partial charge on any atom is -0.375 e. The molecule has 1 aromatic carbocycles. The zero-order valence-corrected chi connectivity index (χ0v) is 10.9. The SMILES string of the molecule is Nc1nc2c(s1)[C@@H](c1ccc(Cl)cc1)CC(=O)N2. The zero-order valence-electron chi connectivity index (χ0n) is 9.31. The Labute approximate surface area is 113 Å². The summed E-state index contributed by atoms with van der Waals surface area (Å²) < 4.78 is 0.